The fourth-order valence-electron chi connectivity index (χ4n) is 5.39. The number of nitrogens with zero attached hydrogens (tertiary/aromatic N) is 1. The minimum absolute atomic E-state index is 0.0223. The first-order chi connectivity index (χ1) is 11.6. The second-order valence-corrected chi connectivity index (χ2v) is 7.80. The second-order valence-electron chi connectivity index (χ2n) is 7.80. The van der Waals surface area contributed by atoms with E-state index in [2.05, 4.69) is 15.8 Å². The largest absolute Gasteiger partial charge is 0.497 e. The van der Waals surface area contributed by atoms with Gasteiger partial charge >= 0.3 is 6.03 Å². The van der Waals surface area contributed by atoms with Gasteiger partial charge in [0.2, 0.25) is 0 Å². The third kappa shape index (κ3) is 3.12. The molecule has 0 saturated heterocycles. The number of carbonyl (C=O) groups excluding carboxylic acids is 1. The van der Waals surface area contributed by atoms with E-state index in [0.29, 0.717) is 0 Å². The van der Waals surface area contributed by atoms with Crippen LogP contribution < -0.4 is 15.5 Å². The fraction of sp³-hybridized carbons (Fsp3) is 0.579. The van der Waals surface area contributed by atoms with Crippen LogP contribution in [0, 0.1) is 17.8 Å². The molecule has 4 bridgehead atoms. The van der Waals surface area contributed by atoms with Crippen molar-refractivity contribution in [2.75, 3.05) is 7.11 Å². The van der Waals surface area contributed by atoms with Crippen LogP contribution >= 0.6 is 0 Å². The first-order valence-corrected chi connectivity index (χ1v) is 8.89. The molecule has 0 radical (unpaired) electrons. The summed E-state index contributed by atoms with van der Waals surface area (Å²) in [5, 5.41) is 7.31. The predicted octanol–water partition coefficient (Wildman–Crippen LogP) is 3.30. The van der Waals surface area contributed by atoms with Gasteiger partial charge in [0.15, 0.2) is 0 Å². The van der Waals surface area contributed by atoms with Crippen LogP contribution in [0.1, 0.15) is 44.1 Å². The van der Waals surface area contributed by atoms with Crippen molar-refractivity contribution in [3.8, 4) is 5.75 Å². The van der Waals surface area contributed by atoms with Crippen molar-refractivity contribution in [1.82, 2.24) is 10.7 Å². The van der Waals surface area contributed by atoms with Crippen molar-refractivity contribution in [3.63, 3.8) is 0 Å². The predicted molar refractivity (Wildman–Crippen MR) is 93.2 cm³/mol. The SMILES string of the molecule is COc1ccc(/C=N/NC(=O)NC23CC4CC(CC(C4)C2)C3)cc1. The van der Waals surface area contributed by atoms with Crippen LogP contribution in [0.4, 0.5) is 4.79 Å². The summed E-state index contributed by atoms with van der Waals surface area (Å²) in [6.07, 6.45) is 9.21. The molecule has 1 aromatic rings. The number of carbonyl (C=O) groups is 1. The topological polar surface area (TPSA) is 62.7 Å². The summed E-state index contributed by atoms with van der Waals surface area (Å²) in [5.74, 6) is 3.26. The molecule has 4 saturated carbocycles. The summed E-state index contributed by atoms with van der Waals surface area (Å²) in [6.45, 7) is 0. The van der Waals surface area contributed by atoms with Crippen LogP contribution in [0.25, 0.3) is 0 Å². The summed E-state index contributed by atoms with van der Waals surface area (Å²) in [4.78, 5) is 12.3. The van der Waals surface area contributed by atoms with Gasteiger partial charge in [0, 0.05) is 5.54 Å². The smallest absolute Gasteiger partial charge is 0.335 e. The van der Waals surface area contributed by atoms with Crippen LogP contribution in [0.5, 0.6) is 5.75 Å². The Labute approximate surface area is 142 Å². The van der Waals surface area contributed by atoms with Gasteiger partial charge in [0.1, 0.15) is 5.75 Å². The number of nitrogens with one attached hydrogen (secondary N) is 2. The Morgan fingerprint density at radius 3 is 2.25 bits per heavy atom. The molecule has 2 N–H and O–H groups in total. The number of amides is 2. The Hall–Kier alpha value is -2.04. The highest BCUT2D eigenvalue weighted by Gasteiger charge is 2.51. The van der Waals surface area contributed by atoms with E-state index in [0.717, 1.165) is 48.3 Å². The lowest BCUT2D eigenvalue weighted by molar-refractivity contribution is -0.0135. The third-order valence-corrected chi connectivity index (χ3v) is 5.91. The average molecular weight is 327 g/mol. The standard InChI is InChI=1S/C19H25N3O2/c1-24-17-4-2-13(3-5-17)12-20-22-18(23)21-19-9-14-6-15(10-19)8-16(7-14)11-19/h2-5,12,14-16H,6-11H2,1H3,(H2,21,22,23)/b20-12+. The number of urea groups is 1. The maximum absolute atomic E-state index is 12.3. The molecule has 4 aliphatic carbocycles. The van der Waals surface area contributed by atoms with Crippen LogP contribution in [0.3, 0.4) is 0 Å². The Balaban J connectivity index is 1.32. The zero-order chi connectivity index (χ0) is 16.6. The van der Waals surface area contributed by atoms with Gasteiger partial charge in [0.25, 0.3) is 0 Å². The first kappa shape index (κ1) is 15.5. The molecule has 0 atom stereocenters. The summed E-state index contributed by atoms with van der Waals surface area (Å²) >= 11 is 0. The van der Waals surface area contributed by atoms with Crippen LogP contribution in [0.15, 0.2) is 29.4 Å². The van der Waals surface area contributed by atoms with Crippen molar-refractivity contribution >= 4 is 12.2 Å². The van der Waals surface area contributed by atoms with Gasteiger partial charge in [0.05, 0.1) is 13.3 Å². The van der Waals surface area contributed by atoms with Gasteiger partial charge < -0.3 is 10.1 Å². The molecule has 0 aliphatic heterocycles. The lowest BCUT2D eigenvalue weighted by Crippen LogP contribution is -2.61. The van der Waals surface area contributed by atoms with E-state index < -0.39 is 0 Å². The van der Waals surface area contributed by atoms with Crippen molar-refractivity contribution in [2.45, 2.75) is 44.1 Å². The summed E-state index contributed by atoms with van der Waals surface area (Å²) < 4.78 is 5.12. The zero-order valence-electron chi connectivity index (χ0n) is 14.1. The van der Waals surface area contributed by atoms with Gasteiger partial charge in [-0.1, -0.05) is 0 Å². The number of hydrogen-bond donors (Lipinski definition) is 2. The molecule has 0 aromatic heterocycles. The van der Waals surface area contributed by atoms with Gasteiger partial charge in [-0.2, -0.15) is 5.10 Å². The van der Waals surface area contributed by atoms with E-state index in [4.69, 9.17) is 4.74 Å². The molecule has 5 rings (SSSR count). The quantitative estimate of drug-likeness (QED) is 0.658. The molecule has 0 heterocycles. The highest BCUT2D eigenvalue weighted by atomic mass is 16.5. The number of rotatable bonds is 4. The van der Waals surface area contributed by atoms with Crippen LogP contribution in [-0.4, -0.2) is 24.9 Å². The molecule has 4 fully saturated rings. The molecule has 4 aliphatic rings. The second kappa shape index (κ2) is 6.11. The van der Waals surface area contributed by atoms with Crippen LogP contribution in [-0.2, 0) is 0 Å². The molecule has 0 spiro atoms. The molecule has 24 heavy (non-hydrogen) atoms. The molecular formula is C19H25N3O2. The third-order valence-electron chi connectivity index (χ3n) is 5.91. The van der Waals surface area contributed by atoms with E-state index >= 15 is 0 Å². The fourth-order valence-corrected chi connectivity index (χ4v) is 5.39. The maximum Gasteiger partial charge on any atom is 0.335 e. The van der Waals surface area contributed by atoms with E-state index in [1.165, 1.54) is 19.3 Å². The Morgan fingerprint density at radius 1 is 1.12 bits per heavy atom. The van der Waals surface area contributed by atoms with E-state index in [1.54, 1.807) is 13.3 Å². The Morgan fingerprint density at radius 2 is 1.71 bits per heavy atom. The van der Waals surface area contributed by atoms with Gasteiger partial charge in [-0.05, 0) is 86.1 Å². The Kier molecular flexibility index (Phi) is 3.94. The molecule has 5 heteroatoms. The summed E-state index contributed by atoms with van der Waals surface area (Å²) in [7, 11) is 1.64. The van der Waals surface area contributed by atoms with E-state index in [9.17, 15) is 4.79 Å². The normalized spacial score (nSPS) is 33.6. The van der Waals surface area contributed by atoms with E-state index in [1.807, 2.05) is 24.3 Å². The number of ether oxygens (including phenoxy) is 1. The maximum atomic E-state index is 12.3. The highest BCUT2D eigenvalue weighted by Crippen LogP contribution is 2.55. The van der Waals surface area contributed by atoms with Crippen molar-refractivity contribution in [2.24, 2.45) is 22.9 Å². The minimum atomic E-state index is -0.179. The molecule has 0 unspecified atom stereocenters. The number of hydrogen-bond acceptors (Lipinski definition) is 3. The van der Waals surface area contributed by atoms with Gasteiger partial charge in [-0.15, -0.1) is 0 Å². The van der Waals surface area contributed by atoms with Crippen molar-refractivity contribution in [1.29, 1.82) is 0 Å². The average Bonchev–Trinajstić information content (AvgIpc) is 2.53. The van der Waals surface area contributed by atoms with Crippen molar-refractivity contribution in [3.05, 3.63) is 29.8 Å². The molecular weight excluding hydrogens is 302 g/mol. The Bertz CT molecular complexity index is 603. The van der Waals surface area contributed by atoms with E-state index in [-0.39, 0.29) is 11.6 Å². The number of hydrazone groups is 1. The summed E-state index contributed by atoms with van der Waals surface area (Å²) in [6, 6.07) is 7.37. The van der Waals surface area contributed by atoms with Crippen molar-refractivity contribution < 1.29 is 9.53 Å². The zero-order valence-corrected chi connectivity index (χ0v) is 14.1. The lowest BCUT2D eigenvalue weighted by Gasteiger charge is -2.56. The van der Waals surface area contributed by atoms with Gasteiger partial charge in [-0.25, -0.2) is 10.2 Å². The number of methoxy groups -OCH3 is 1. The minimum Gasteiger partial charge on any atom is -0.497 e. The number of benzene rings is 1. The molecule has 2 amide bonds. The molecule has 5 nitrogen and oxygen atoms in total. The molecule has 128 valence electrons. The van der Waals surface area contributed by atoms with Gasteiger partial charge in [-0.3, -0.25) is 0 Å². The molecule has 1 aromatic carbocycles. The summed E-state index contributed by atoms with van der Waals surface area (Å²) in [5.41, 5.74) is 3.57. The van der Waals surface area contributed by atoms with Crippen LogP contribution in [0.2, 0.25) is 0 Å². The highest BCUT2D eigenvalue weighted by molar-refractivity contribution is 5.82. The first-order valence-electron chi connectivity index (χ1n) is 8.89. The monoisotopic (exact) mass is 327 g/mol. The lowest BCUT2D eigenvalue weighted by atomic mass is 9.53.